The summed E-state index contributed by atoms with van der Waals surface area (Å²) in [6, 6.07) is 9.69. The number of anilines is 2. The zero-order chi connectivity index (χ0) is 17.4. The van der Waals surface area contributed by atoms with E-state index < -0.39 is 0 Å². The molecule has 0 atom stereocenters. The monoisotopic (exact) mass is 373 g/mol. The van der Waals surface area contributed by atoms with Crippen LogP contribution in [0.3, 0.4) is 0 Å². The topological polar surface area (TPSA) is 65.5 Å². The largest absolute Gasteiger partial charge is 0.494 e. The summed E-state index contributed by atoms with van der Waals surface area (Å²) in [7, 11) is 4.89. The van der Waals surface area contributed by atoms with Crippen LogP contribution >= 0.6 is 22.7 Å². The number of thiazole rings is 2. The van der Waals surface area contributed by atoms with Gasteiger partial charge in [0.05, 0.1) is 36.2 Å². The summed E-state index contributed by atoms with van der Waals surface area (Å²) in [4.78, 5) is 9.23. The lowest BCUT2D eigenvalue weighted by Crippen LogP contribution is -1.90. The van der Waals surface area contributed by atoms with Crippen molar-refractivity contribution in [2.75, 3.05) is 26.6 Å². The van der Waals surface area contributed by atoms with Gasteiger partial charge in [-0.3, -0.25) is 0 Å². The minimum atomic E-state index is 0.663. The van der Waals surface area contributed by atoms with Gasteiger partial charge in [-0.15, -0.1) is 0 Å². The molecule has 0 radical (unpaired) electrons. The molecule has 8 heteroatoms. The normalized spacial score (nSPS) is 11.0. The van der Waals surface area contributed by atoms with Gasteiger partial charge >= 0.3 is 0 Å². The van der Waals surface area contributed by atoms with Crippen LogP contribution in [0.2, 0.25) is 0 Å². The molecule has 4 aromatic rings. The predicted octanol–water partition coefficient (Wildman–Crippen LogP) is 4.68. The Morgan fingerprint density at radius 2 is 1.48 bits per heavy atom. The molecule has 1 N–H and O–H groups in total. The average Bonchev–Trinajstić information content (AvgIpc) is 3.22. The van der Waals surface area contributed by atoms with Crippen molar-refractivity contribution in [3.8, 4) is 17.2 Å². The number of nitrogens with one attached hydrogen (secondary N) is 1. The number of aromatic nitrogens is 2. The summed E-state index contributed by atoms with van der Waals surface area (Å²) in [5, 5.41) is 4.83. The molecule has 0 aliphatic rings. The average molecular weight is 373 g/mol. The summed E-state index contributed by atoms with van der Waals surface area (Å²) in [5.41, 5.74) is 1.70. The van der Waals surface area contributed by atoms with E-state index in [1.54, 1.807) is 32.7 Å². The number of rotatable bonds is 5. The van der Waals surface area contributed by atoms with Crippen LogP contribution < -0.4 is 19.5 Å². The molecule has 0 saturated heterocycles. The van der Waals surface area contributed by atoms with E-state index in [0.29, 0.717) is 11.5 Å². The van der Waals surface area contributed by atoms with Crippen molar-refractivity contribution in [2.24, 2.45) is 0 Å². The van der Waals surface area contributed by atoms with Gasteiger partial charge < -0.3 is 19.5 Å². The first-order valence-corrected chi connectivity index (χ1v) is 9.08. The molecule has 0 spiro atoms. The smallest absolute Gasteiger partial charge is 0.190 e. The molecule has 2 aromatic heterocycles. The molecule has 0 fully saturated rings. The Bertz CT molecular complexity index is 1020. The highest BCUT2D eigenvalue weighted by Gasteiger charge is 2.13. The summed E-state index contributed by atoms with van der Waals surface area (Å²) >= 11 is 3.10. The molecule has 0 aliphatic carbocycles. The van der Waals surface area contributed by atoms with Crippen LogP contribution in [0, 0.1) is 0 Å². The molecular formula is C17H15N3O3S2. The number of nitrogens with zero attached hydrogens (tertiary/aromatic N) is 2. The van der Waals surface area contributed by atoms with Crippen molar-refractivity contribution < 1.29 is 14.2 Å². The quantitative estimate of drug-likeness (QED) is 0.548. The minimum Gasteiger partial charge on any atom is -0.494 e. The molecule has 2 aromatic carbocycles. The fourth-order valence-electron chi connectivity index (χ4n) is 2.54. The lowest BCUT2D eigenvalue weighted by molar-refractivity contribution is 0.356. The maximum atomic E-state index is 5.37. The second-order valence-corrected chi connectivity index (χ2v) is 7.21. The highest BCUT2D eigenvalue weighted by molar-refractivity contribution is 7.24. The lowest BCUT2D eigenvalue weighted by atomic mass is 10.3. The third kappa shape index (κ3) is 2.83. The predicted molar refractivity (Wildman–Crippen MR) is 102 cm³/mol. The zero-order valence-corrected chi connectivity index (χ0v) is 15.5. The number of fused-ring (bicyclic) bond motifs is 2. The van der Waals surface area contributed by atoms with Gasteiger partial charge in [0, 0.05) is 12.1 Å². The number of methoxy groups -OCH3 is 3. The molecule has 25 heavy (non-hydrogen) atoms. The van der Waals surface area contributed by atoms with Crippen LogP contribution in [0.1, 0.15) is 0 Å². The Labute approximate surface area is 152 Å². The fourth-order valence-corrected chi connectivity index (χ4v) is 4.36. The second-order valence-electron chi connectivity index (χ2n) is 5.14. The van der Waals surface area contributed by atoms with Gasteiger partial charge in [0.1, 0.15) is 11.3 Å². The number of ether oxygens (including phenoxy) is 3. The molecular weight excluding hydrogens is 358 g/mol. The SMILES string of the molecule is COc1cc2nc(Nc3nc4c(OC)cccc4s3)sc2cc1OC. The molecule has 0 bridgehead atoms. The van der Waals surface area contributed by atoms with Gasteiger partial charge in [-0.2, -0.15) is 0 Å². The van der Waals surface area contributed by atoms with Crippen molar-refractivity contribution in [3.05, 3.63) is 30.3 Å². The van der Waals surface area contributed by atoms with Crippen LogP contribution in [-0.2, 0) is 0 Å². The van der Waals surface area contributed by atoms with Gasteiger partial charge in [0.25, 0.3) is 0 Å². The maximum Gasteiger partial charge on any atom is 0.190 e. The first kappa shape index (κ1) is 15.9. The number of hydrogen-bond donors (Lipinski definition) is 1. The van der Waals surface area contributed by atoms with E-state index in [1.165, 1.54) is 11.3 Å². The first-order chi connectivity index (χ1) is 12.2. The van der Waals surface area contributed by atoms with Gasteiger partial charge in [-0.1, -0.05) is 28.7 Å². The molecule has 0 aliphatic heterocycles. The van der Waals surface area contributed by atoms with Crippen LogP contribution in [0.25, 0.3) is 20.4 Å². The van der Waals surface area contributed by atoms with Crippen LogP contribution in [0.4, 0.5) is 10.3 Å². The highest BCUT2D eigenvalue weighted by Crippen LogP contribution is 2.38. The zero-order valence-electron chi connectivity index (χ0n) is 13.8. The van der Waals surface area contributed by atoms with Crippen LogP contribution in [0.5, 0.6) is 17.2 Å². The molecule has 0 saturated carbocycles. The van der Waals surface area contributed by atoms with E-state index in [1.807, 2.05) is 30.3 Å². The van der Waals surface area contributed by atoms with Gasteiger partial charge in [0.2, 0.25) is 0 Å². The molecule has 0 amide bonds. The van der Waals surface area contributed by atoms with Gasteiger partial charge in [-0.25, -0.2) is 9.97 Å². The molecule has 128 valence electrons. The third-order valence-corrected chi connectivity index (χ3v) is 5.58. The fraction of sp³-hybridized carbons (Fsp3) is 0.176. The van der Waals surface area contributed by atoms with Gasteiger partial charge in [-0.05, 0) is 12.1 Å². The Hall–Kier alpha value is -2.58. The Balaban J connectivity index is 1.71. The minimum absolute atomic E-state index is 0.663. The standard InChI is InChI=1S/C17H15N3O3S2/c1-21-10-5-4-6-13-15(10)19-17(24-13)20-16-18-9-7-11(22-2)12(23-3)8-14(9)25-16/h4-8H,1-3H3,(H,18,19,20). The number of para-hydroxylation sites is 1. The Morgan fingerprint density at radius 3 is 2.24 bits per heavy atom. The maximum absolute atomic E-state index is 5.37. The highest BCUT2D eigenvalue weighted by atomic mass is 32.1. The van der Waals surface area contributed by atoms with E-state index in [2.05, 4.69) is 15.3 Å². The first-order valence-electron chi connectivity index (χ1n) is 7.45. The van der Waals surface area contributed by atoms with E-state index >= 15 is 0 Å². The van der Waals surface area contributed by atoms with Crippen LogP contribution in [-0.4, -0.2) is 31.3 Å². The van der Waals surface area contributed by atoms with Crippen molar-refractivity contribution >= 4 is 53.4 Å². The summed E-state index contributed by atoms with van der Waals surface area (Å²) in [6.45, 7) is 0. The third-order valence-electron chi connectivity index (χ3n) is 3.71. The molecule has 2 heterocycles. The van der Waals surface area contributed by atoms with Crippen molar-refractivity contribution in [3.63, 3.8) is 0 Å². The lowest BCUT2D eigenvalue weighted by Gasteiger charge is -2.05. The summed E-state index contributed by atoms with van der Waals surface area (Å²) in [6.07, 6.45) is 0. The molecule has 6 nitrogen and oxygen atoms in total. The van der Waals surface area contributed by atoms with E-state index in [0.717, 1.165) is 36.4 Å². The Morgan fingerprint density at radius 1 is 0.800 bits per heavy atom. The van der Waals surface area contributed by atoms with Crippen molar-refractivity contribution in [1.82, 2.24) is 9.97 Å². The van der Waals surface area contributed by atoms with Gasteiger partial charge in [0.15, 0.2) is 21.8 Å². The van der Waals surface area contributed by atoms with Crippen molar-refractivity contribution in [2.45, 2.75) is 0 Å². The Kier molecular flexibility index (Phi) is 4.06. The number of hydrogen-bond acceptors (Lipinski definition) is 8. The van der Waals surface area contributed by atoms with Crippen molar-refractivity contribution in [1.29, 1.82) is 0 Å². The molecule has 4 rings (SSSR count). The summed E-state index contributed by atoms with van der Waals surface area (Å²) < 4.78 is 18.1. The van der Waals surface area contributed by atoms with E-state index in [4.69, 9.17) is 14.2 Å². The van der Waals surface area contributed by atoms with E-state index in [-0.39, 0.29) is 0 Å². The summed E-state index contributed by atoms with van der Waals surface area (Å²) in [5.74, 6) is 2.12. The number of benzene rings is 2. The van der Waals surface area contributed by atoms with Crippen LogP contribution in [0.15, 0.2) is 30.3 Å². The second kappa shape index (κ2) is 6.38. The molecule has 0 unspecified atom stereocenters. The van der Waals surface area contributed by atoms with E-state index in [9.17, 15) is 0 Å².